The van der Waals surface area contributed by atoms with Crippen LogP contribution in [0, 0.1) is 5.92 Å². The Morgan fingerprint density at radius 2 is 2.16 bits per heavy atom. The molecular weight excluding hydrogens is 266 g/mol. The minimum atomic E-state index is -0.538. The molecule has 0 aromatic carbocycles. The van der Waals surface area contributed by atoms with Gasteiger partial charge in [-0.1, -0.05) is 32.4 Å². The van der Waals surface area contributed by atoms with Crippen LogP contribution in [0.4, 0.5) is 0 Å². The third-order valence-electron chi connectivity index (χ3n) is 2.85. The van der Waals surface area contributed by atoms with Gasteiger partial charge in [-0.2, -0.15) is 5.10 Å². The maximum Gasteiger partial charge on any atom is 0.256 e. The van der Waals surface area contributed by atoms with Crippen molar-refractivity contribution in [2.24, 2.45) is 13.0 Å². The molecule has 1 heterocycles. The molecule has 1 rings (SSSR count). The standard InChI is InChI=1S/C13H22ClN3O2/c1-5-10-11(12(14)17(4)16-10)13(19)15-7-9(18)6-8(2)3/h8-9,18H,5-7H2,1-4H3,(H,15,19). The number of aliphatic hydroxyl groups is 1. The first-order chi connectivity index (χ1) is 8.86. The van der Waals surface area contributed by atoms with Crippen LogP contribution in [-0.4, -0.2) is 33.4 Å². The summed E-state index contributed by atoms with van der Waals surface area (Å²) in [4.78, 5) is 12.1. The largest absolute Gasteiger partial charge is 0.391 e. The third kappa shape index (κ3) is 4.21. The summed E-state index contributed by atoms with van der Waals surface area (Å²) < 4.78 is 1.49. The van der Waals surface area contributed by atoms with Crippen LogP contribution >= 0.6 is 11.6 Å². The van der Waals surface area contributed by atoms with Crippen molar-refractivity contribution < 1.29 is 9.90 Å². The Labute approximate surface area is 118 Å². The first-order valence-electron chi connectivity index (χ1n) is 6.54. The molecule has 0 saturated carbocycles. The number of hydrogen-bond acceptors (Lipinski definition) is 3. The molecule has 1 aromatic heterocycles. The second-order valence-electron chi connectivity index (χ2n) is 5.08. The SMILES string of the molecule is CCc1nn(C)c(Cl)c1C(=O)NCC(O)CC(C)C. The van der Waals surface area contributed by atoms with Crippen LogP contribution in [0.1, 0.15) is 43.2 Å². The van der Waals surface area contributed by atoms with E-state index in [-0.39, 0.29) is 12.5 Å². The molecule has 0 aliphatic carbocycles. The third-order valence-corrected chi connectivity index (χ3v) is 3.29. The number of halogens is 1. The predicted molar refractivity (Wildman–Crippen MR) is 75.4 cm³/mol. The number of rotatable bonds is 6. The molecule has 0 aliphatic rings. The smallest absolute Gasteiger partial charge is 0.256 e. The lowest BCUT2D eigenvalue weighted by Crippen LogP contribution is -2.33. The number of nitrogens with zero attached hydrogens (tertiary/aromatic N) is 2. The summed E-state index contributed by atoms with van der Waals surface area (Å²) in [6.45, 7) is 6.20. The Balaban J connectivity index is 2.68. The molecule has 0 fully saturated rings. The molecule has 0 saturated heterocycles. The van der Waals surface area contributed by atoms with E-state index in [1.54, 1.807) is 7.05 Å². The molecule has 1 aromatic rings. The highest BCUT2D eigenvalue weighted by atomic mass is 35.5. The number of aromatic nitrogens is 2. The minimum absolute atomic E-state index is 0.228. The van der Waals surface area contributed by atoms with Crippen molar-refractivity contribution in [3.05, 3.63) is 16.4 Å². The molecule has 6 heteroatoms. The number of amides is 1. The van der Waals surface area contributed by atoms with Gasteiger partial charge in [0.2, 0.25) is 0 Å². The van der Waals surface area contributed by atoms with Crippen molar-refractivity contribution in [3.8, 4) is 0 Å². The van der Waals surface area contributed by atoms with E-state index in [1.807, 2.05) is 20.8 Å². The van der Waals surface area contributed by atoms with E-state index >= 15 is 0 Å². The zero-order chi connectivity index (χ0) is 14.6. The number of nitrogens with one attached hydrogen (secondary N) is 1. The topological polar surface area (TPSA) is 67.2 Å². The Bertz CT molecular complexity index is 443. The molecule has 0 spiro atoms. The van der Waals surface area contributed by atoms with Gasteiger partial charge in [0.1, 0.15) is 5.15 Å². The summed E-state index contributed by atoms with van der Waals surface area (Å²) in [6, 6.07) is 0. The van der Waals surface area contributed by atoms with E-state index in [0.29, 0.717) is 35.2 Å². The van der Waals surface area contributed by atoms with Crippen LogP contribution in [-0.2, 0) is 13.5 Å². The van der Waals surface area contributed by atoms with Gasteiger partial charge in [0.05, 0.1) is 17.4 Å². The Morgan fingerprint density at radius 1 is 1.53 bits per heavy atom. The van der Waals surface area contributed by atoms with Gasteiger partial charge in [0, 0.05) is 13.6 Å². The van der Waals surface area contributed by atoms with Gasteiger partial charge < -0.3 is 10.4 Å². The number of aryl methyl sites for hydroxylation is 2. The molecule has 0 radical (unpaired) electrons. The van der Waals surface area contributed by atoms with Crippen LogP contribution in [0.2, 0.25) is 5.15 Å². The average Bonchev–Trinajstić information content (AvgIpc) is 2.61. The van der Waals surface area contributed by atoms with Crippen molar-refractivity contribution >= 4 is 17.5 Å². The lowest BCUT2D eigenvalue weighted by molar-refractivity contribution is 0.0899. The fraction of sp³-hybridized carbons (Fsp3) is 0.692. The summed E-state index contributed by atoms with van der Waals surface area (Å²) in [6.07, 6.45) is 0.754. The predicted octanol–water partition coefficient (Wildman–Crippen LogP) is 1.77. The van der Waals surface area contributed by atoms with Crippen LogP contribution in [0.5, 0.6) is 0 Å². The average molecular weight is 288 g/mol. The number of carbonyl (C=O) groups is 1. The van der Waals surface area contributed by atoms with Crippen molar-refractivity contribution in [2.75, 3.05) is 6.54 Å². The molecule has 0 aliphatic heterocycles. The van der Waals surface area contributed by atoms with Gasteiger partial charge in [-0.05, 0) is 18.8 Å². The molecule has 1 unspecified atom stereocenters. The van der Waals surface area contributed by atoms with E-state index < -0.39 is 6.10 Å². The van der Waals surface area contributed by atoms with Crippen molar-refractivity contribution in [1.29, 1.82) is 0 Å². The van der Waals surface area contributed by atoms with Gasteiger partial charge in [0.25, 0.3) is 5.91 Å². The quantitative estimate of drug-likeness (QED) is 0.838. The normalized spacial score (nSPS) is 12.8. The first kappa shape index (κ1) is 16.0. The lowest BCUT2D eigenvalue weighted by atomic mass is 10.1. The lowest BCUT2D eigenvalue weighted by Gasteiger charge is -2.13. The fourth-order valence-corrected chi connectivity index (χ4v) is 2.19. The summed E-state index contributed by atoms with van der Waals surface area (Å²) in [5.41, 5.74) is 1.08. The van der Waals surface area contributed by atoms with Crippen LogP contribution in [0.25, 0.3) is 0 Å². The summed E-state index contributed by atoms with van der Waals surface area (Å²) in [5.74, 6) is 0.109. The summed E-state index contributed by atoms with van der Waals surface area (Å²) in [5, 5.41) is 17.0. The van der Waals surface area contributed by atoms with E-state index in [4.69, 9.17) is 11.6 Å². The number of hydrogen-bond donors (Lipinski definition) is 2. The zero-order valence-electron chi connectivity index (χ0n) is 11.9. The number of aliphatic hydroxyl groups excluding tert-OH is 1. The molecule has 0 bridgehead atoms. The maximum atomic E-state index is 12.1. The van der Waals surface area contributed by atoms with Gasteiger partial charge >= 0.3 is 0 Å². The minimum Gasteiger partial charge on any atom is -0.391 e. The van der Waals surface area contributed by atoms with Crippen molar-refractivity contribution in [2.45, 2.75) is 39.7 Å². The molecular formula is C13H22ClN3O2. The van der Waals surface area contributed by atoms with Crippen LogP contribution < -0.4 is 5.32 Å². The molecule has 2 N–H and O–H groups in total. The monoisotopic (exact) mass is 287 g/mol. The fourth-order valence-electron chi connectivity index (χ4n) is 1.95. The Hall–Kier alpha value is -1.07. The molecule has 108 valence electrons. The molecule has 19 heavy (non-hydrogen) atoms. The summed E-state index contributed by atoms with van der Waals surface area (Å²) in [7, 11) is 1.70. The molecule has 1 atom stereocenters. The second-order valence-corrected chi connectivity index (χ2v) is 5.44. The van der Waals surface area contributed by atoms with E-state index in [1.165, 1.54) is 4.68 Å². The first-order valence-corrected chi connectivity index (χ1v) is 6.92. The second kappa shape index (κ2) is 6.91. The van der Waals surface area contributed by atoms with E-state index in [9.17, 15) is 9.90 Å². The van der Waals surface area contributed by atoms with Crippen LogP contribution in [0.3, 0.4) is 0 Å². The van der Waals surface area contributed by atoms with Crippen molar-refractivity contribution in [3.63, 3.8) is 0 Å². The summed E-state index contributed by atoms with van der Waals surface area (Å²) >= 11 is 6.06. The highest BCUT2D eigenvalue weighted by Gasteiger charge is 2.20. The van der Waals surface area contributed by atoms with E-state index in [0.717, 1.165) is 0 Å². The van der Waals surface area contributed by atoms with E-state index in [2.05, 4.69) is 10.4 Å². The Morgan fingerprint density at radius 3 is 2.68 bits per heavy atom. The highest BCUT2D eigenvalue weighted by Crippen LogP contribution is 2.19. The highest BCUT2D eigenvalue weighted by molar-refractivity contribution is 6.33. The van der Waals surface area contributed by atoms with Crippen LogP contribution in [0.15, 0.2) is 0 Å². The van der Waals surface area contributed by atoms with Gasteiger partial charge in [0.15, 0.2) is 0 Å². The molecule has 1 amide bonds. The van der Waals surface area contributed by atoms with Gasteiger partial charge in [-0.3, -0.25) is 9.48 Å². The maximum absolute atomic E-state index is 12.1. The number of carbonyl (C=O) groups excluding carboxylic acids is 1. The van der Waals surface area contributed by atoms with Gasteiger partial charge in [-0.25, -0.2) is 0 Å². The zero-order valence-corrected chi connectivity index (χ0v) is 12.7. The molecule has 5 nitrogen and oxygen atoms in total. The Kier molecular flexibility index (Phi) is 5.82. The van der Waals surface area contributed by atoms with Gasteiger partial charge in [-0.15, -0.1) is 0 Å². The van der Waals surface area contributed by atoms with Crippen molar-refractivity contribution in [1.82, 2.24) is 15.1 Å².